The van der Waals surface area contributed by atoms with Crippen LogP contribution < -0.4 is 10.6 Å². The Morgan fingerprint density at radius 3 is 2.74 bits per heavy atom. The number of hydrogen-bond acceptors (Lipinski definition) is 3. The predicted molar refractivity (Wildman–Crippen MR) is 95.8 cm³/mol. The van der Waals surface area contributed by atoms with Gasteiger partial charge in [0.15, 0.2) is 0 Å². The van der Waals surface area contributed by atoms with Gasteiger partial charge in [0.05, 0.1) is 12.1 Å². The van der Waals surface area contributed by atoms with E-state index in [4.69, 9.17) is 0 Å². The van der Waals surface area contributed by atoms with Crippen LogP contribution in [0.5, 0.6) is 0 Å². The second kappa shape index (κ2) is 9.18. The number of carbonyl (C=O) groups excluding carboxylic acids is 1. The number of nitrogens with one attached hydrogen (secondary N) is 2. The number of urea groups is 1. The van der Waals surface area contributed by atoms with Gasteiger partial charge < -0.3 is 15.7 Å². The Kier molecular flexibility index (Phi) is 7.24. The third-order valence-corrected chi connectivity index (χ3v) is 5.24. The van der Waals surface area contributed by atoms with Gasteiger partial charge in [0, 0.05) is 11.4 Å². The molecule has 1 fully saturated rings. The van der Waals surface area contributed by atoms with Crippen molar-refractivity contribution in [3.05, 3.63) is 29.8 Å². The van der Waals surface area contributed by atoms with Gasteiger partial charge in [0.25, 0.3) is 0 Å². The molecule has 128 valence electrons. The lowest BCUT2D eigenvalue weighted by atomic mass is 9.87. The minimum atomic E-state index is -0.197. The van der Waals surface area contributed by atoms with E-state index in [9.17, 15) is 9.90 Å². The van der Waals surface area contributed by atoms with Crippen LogP contribution in [-0.2, 0) is 0 Å². The number of benzene rings is 1. The fourth-order valence-electron chi connectivity index (χ4n) is 3.04. The normalized spacial score (nSPS) is 22.4. The summed E-state index contributed by atoms with van der Waals surface area (Å²) in [7, 11) is 0. The Balaban J connectivity index is 1.75. The standard InChI is InChI=1S/C18H28N2O2S/c1-3-23-17-9-7-15(8-10-17)13(2)20-18(22)19-12-14-5-4-6-16(21)11-14/h7-10,13-14,16,21H,3-6,11-12H2,1-2H3,(H2,19,20,22). The largest absolute Gasteiger partial charge is 0.393 e. The molecule has 5 heteroatoms. The van der Waals surface area contributed by atoms with Gasteiger partial charge in [-0.3, -0.25) is 0 Å². The molecular formula is C18H28N2O2S. The molecule has 1 aliphatic rings. The summed E-state index contributed by atoms with van der Waals surface area (Å²) in [5.41, 5.74) is 1.11. The highest BCUT2D eigenvalue weighted by atomic mass is 32.2. The molecule has 0 heterocycles. The Bertz CT molecular complexity index is 492. The fourth-order valence-corrected chi connectivity index (χ4v) is 3.70. The molecule has 0 bridgehead atoms. The number of aliphatic hydroxyl groups excluding tert-OH is 1. The second-order valence-corrected chi connectivity index (χ2v) is 7.60. The molecule has 2 amide bonds. The monoisotopic (exact) mass is 336 g/mol. The summed E-state index contributed by atoms with van der Waals surface area (Å²) in [4.78, 5) is 13.3. The zero-order valence-corrected chi connectivity index (χ0v) is 14.9. The van der Waals surface area contributed by atoms with Crippen molar-refractivity contribution in [2.24, 2.45) is 5.92 Å². The number of aliphatic hydroxyl groups is 1. The van der Waals surface area contributed by atoms with E-state index >= 15 is 0 Å². The maximum Gasteiger partial charge on any atom is 0.315 e. The van der Waals surface area contributed by atoms with E-state index in [1.807, 2.05) is 18.7 Å². The maximum atomic E-state index is 12.0. The summed E-state index contributed by atoms with van der Waals surface area (Å²) in [5.74, 6) is 1.45. The summed E-state index contributed by atoms with van der Waals surface area (Å²) in [6.45, 7) is 4.77. The lowest BCUT2D eigenvalue weighted by molar-refractivity contribution is 0.101. The number of thioether (sulfide) groups is 1. The van der Waals surface area contributed by atoms with Gasteiger partial charge in [-0.2, -0.15) is 0 Å². The van der Waals surface area contributed by atoms with Crippen LogP contribution >= 0.6 is 11.8 Å². The van der Waals surface area contributed by atoms with Crippen LogP contribution in [0.2, 0.25) is 0 Å². The van der Waals surface area contributed by atoms with Gasteiger partial charge in [-0.15, -0.1) is 11.8 Å². The number of carbonyl (C=O) groups is 1. The van der Waals surface area contributed by atoms with Crippen LogP contribution in [0.15, 0.2) is 29.2 Å². The predicted octanol–water partition coefficient (Wildman–Crippen LogP) is 3.71. The molecule has 3 N–H and O–H groups in total. The van der Waals surface area contributed by atoms with Crippen LogP contribution in [-0.4, -0.2) is 29.5 Å². The van der Waals surface area contributed by atoms with Crippen molar-refractivity contribution in [3.63, 3.8) is 0 Å². The molecule has 4 nitrogen and oxygen atoms in total. The molecule has 1 saturated carbocycles. The van der Waals surface area contributed by atoms with E-state index in [1.165, 1.54) is 4.90 Å². The second-order valence-electron chi connectivity index (χ2n) is 6.26. The van der Waals surface area contributed by atoms with E-state index in [1.54, 1.807) is 0 Å². The lowest BCUT2D eigenvalue weighted by Gasteiger charge is -2.26. The first kappa shape index (κ1) is 18.1. The van der Waals surface area contributed by atoms with Crippen LogP contribution in [0.3, 0.4) is 0 Å². The quantitative estimate of drug-likeness (QED) is 0.694. The molecule has 2 rings (SSSR count). The minimum absolute atomic E-state index is 0.0207. The van der Waals surface area contributed by atoms with Gasteiger partial charge in [0.1, 0.15) is 0 Å². The van der Waals surface area contributed by atoms with Gasteiger partial charge in [-0.25, -0.2) is 4.79 Å². The minimum Gasteiger partial charge on any atom is -0.393 e. The molecule has 0 spiro atoms. The fraction of sp³-hybridized carbons (Fsp3) is 0.611. The highest BCUT2D eigenvalue weighted by molar-refractivity contribution is 7.99. The molecular weight excluding hydrogens is 308 g/mol. The van der Waals surface area contributed by atoms with E-state index < -0.39 is 0 Å². The van der Waals surface area contributed by atoms with Crippen molar-refractivity contribution < 1.29 is 9.90 Å². The summed E-state index contributed by atoms with van der Waals surface area (Å²) >= 11 is 1.81. The van der Waals surface area contributed by atoms with Crippen molar-refractivity contribution in [2.45, 2.75) is 56.6 Å². The summed E-state index contributed by atoms with van der Waals surface area (Å²) < 4.78 is 0. The smallest absolute Gasteiger partial charge is 0.315 e. The molecule has 0 aromatic heterocycles. The third kappa shape index (κ3) is 6.07. The SMILES string of the molecule is CCSc1ccc(C(C)NC(=O)NCC2CCCC(O)C2)cc1. The zero-order valence-electron chi connectivity index (χ0n) is 14.0. The van der Waals surface area contributed by atoms with Crippen LogP contribution in [0.25, 0.3) is 0 Å². The van der Waals surface area contributed by atoms with E-state index in [-0.39, 0.29) is 18.2 Å². The van der Waals surface area contributed by atoms with Crippen LogP contribution in [0, 0.1) is 5.92 Å². The van der Waals surface area contributed by atoms with Crippen molar-refractivity contribution in [1.29, 1.82) is 0 Å². The average Bonchev–Trinajstić information content (AvgIpc) is 2.54. The molecule has 0 radical (unpaired) electrons. The summed E-state index contributed by atoms with van der Waals surface area (Å²) in [6.07, 6.45) is 3.63. The van der Waals surface area contributed by atoms with Gasteiger partial charge in [-0.05, 0) is 55.6 Å². The Labute approximate surface area is 143 Å². The van der Waals surface area contributed by atoms with Gasteiger partial charge in [-0.1, -0.05) is 25.5 Å². The lowest BCUT2D eigenvalue weighted by Crippen LogP contribution is -2.40. The van der Waals surface area contributed by atoms with Gasteiger partial charge >= 0.3 is 6.03 Å². The molecule has 1 aliphatic carbocycles. The number of hydrogen-bond donors (Lipinski definition) is 3. The molecule has 1 aromatic rings. The van der Waals surface area contributed by atoms with E-state index in [0.29, 0.717) is 12.5 Å². The van der Waals surface area contributed by atoms with Crippen molar-refractivity contribution in [3.8, 4) is 0 Å². The Morgan fingerprint density at radius 2 is 2.09 bits per heavy atom. The summed E-state index contributed by atoms with van der Waals surface area (Å²) in [5, 5.41) is 15.6. The van der Waals surface area contributed by atoms with Crippen molar-refractivity contribution >= 4 is 17.8 Å². The first-order chi connectivity index (χ1) is 11.1. The molecule has 3 unspecified atom stereocenters. The van der Waals surface area contributed by atoms with Crippen LogP contribution in [0.4, 0.5) is 4.79 Å². The molecule has 1 aromatic carbocycles. The first-order valence-electron chi connectivity index (χ1n) is 8.53. The average molecular weight is 337 g/mol. The number of rotatable bonds is 6. The Morgan fingerprint density at radius 1 is 1.35 bits per heavy atom. The first-order valence-corrected chi connectivity index (χ1v) is 9.52. The highest BCUT2D eigenvalue weighted by Crippen LogP contribution is 2.23. The molecule has 0 aliphatic heterocycles. The third-order valence-electron chi connectivity index (χ3n) is 4.35. The van der Waals surface area contributed by atoms with E-state index in [2.05, 4.69) is 41.8 Å². The molecule has 3 atom stereocenters. The highest BCUT2D eigenvalue weighted by Gasteiger charge is 2.20. The Hall–Kier alpha value is -1.20. The topological polar surface area (TPSA) is 61.4 Å². The van der Waals surface area contributed by atoms with Crippen molar-refractivity contribution in [1.82, 2.24) is 10.6 Å². The van der Waals surface area contributed by atoms with E-state index in [0.717, 1.165) is 37.0 Å². The van der Waals surface area contributed by atoms with Gasteiger partial charge in [0.2, 0.25) is 0 Å². The zero-order chi connectivity index (χ0) is 16.7. The molecule has 0 saturated heterocycles. The molecule has 23 heavy (non-hydrogen) atoms. The maximum absolute atomic E-state index is 12.0. The van der Waals surface area contributed by atoms with Crippen molar-refractivity contribution in [2.75, 3.05) is 12.3 Å². The van der Waals surface area contributed by atoms with Crippen LogP contribution in [0.1, 0.15) is 51.1 Å². The number of amides is 2. The summed E-state index contributed by atoms with van der Waals surface area (Å²) in [6, 6.07) is 8.18.